The Morgan fingerprint density at radius 1 is 1.07 bits per heavy atom. The normalized spacial score (nSPS) is 11.0. The van der Waals surface area contributed by atoms with Crippen LogP contribution in [0.5, 0.6) is 0 Å². The molecule has 27 heavy (non-hydrogen) atoms. The fourth-order valence-corrected chi connectivity index (χ4v) is 2.57. The predicted molar refractivity (Wildman–Crippen MR) is 103 cm³/mol. The minimum atomic E-state index is -0.817. The summed E-state index contributed by atoms with van der Waals surface area (Å²) in [5, 5.41) is 12.7. The van der Waals surface area contributed by atoms with Crippen molar-refractivity contribution in [2.75, 3.05) is 0 Å². The van der Waals surface area contributed by atoms with Gasteiger partial charge in [-0.3, -0.25) is 25.1 Å². The second-order valence-electron chi connectivity index (χ2n) is 6.66. The minimum absolute atomic E-state index is 0.154. The Morgan fingerprint density at radius 3 is 2.26 bits per heavy atom. The van der Waals surface area contributed by atoms with Crippen molar-refractivity contribution in [2.45, 2.75) is 26.3 Å². The first-order chi connectivity index (χ1) is 12.5. The molecule has 7 nitrogen and oxygen atoms in total. The summed E-state index contributed by atoms with van der Waals surface area (Å²) in [6, 6.07) is 9.84. The summed E-state index contributed by atoms with van der Waals surface area (Å²) < 4.78 is 0. The molecule has 0 bridgehead atoms. The number of benzene rings is 2. The van der Waals surface area contributed by atoms with Crippen LogP contribution in [-0.2, 0) is 0 Å². The Kier molecular flexibility index (Phi) is 6.08. The third-order valence-electron chi connectivity index (χ3n) is 3.60. The van der Waals surface area contributed by atoms with Crippen molar-refractivity contribution in [3.8, 4) is 0 Å². The van der Waals surface area contributed by atoms with Crippen molar-refractivity contribution in [3.05, 3.63) is 73.8 Å². The first kappa shape index (κ1) is 20.7. The number of amides is 2. The molecule has 9 heteroatoms. The zero-order chi connectivity index (χ0) is 20.4. The van der Waals surface area contributed by atoms with Crippen LogP contribution in [0.3, 0.4) is 0 Å². The number of nitro benzene ring substituents is 1. The molecule has 0 aromatic heterocycles. The van der Waals surface area contributed by atoms with Gasteiger partial charge in [0, 0.05) is 11.6 Å². The van der Waals surface area contributed by atoms with E-state index >= 15 is 0 Å². The molecule has 0 radical (unpaired) electrons. The van der Waals surface area contributed by atoms with Crippen LogP contribution in [0.1, 0.15) is 41.5 Å². The lowest BCUT2D eigenvalue weighted by atomic mass is 10.1. The van der Waals surface area contributed by atoms with Gasteiger partial charge >= 0.3 is 0 Å². The van der Waals surface area contributed by atoms with Crippen LogP contribution >= 0.6 is 23.2 Å². The average Bonchev–Trinajstić information content (AvgIpc) is 2.60. The highest BCUT2D eigenvalue weighted by Crippen LogP contribution is 2.25. The van der Waals surface area contributed by atoms with Gasteiger partial charge in [-0.2, -0.15) is 0 Å². The fraction of sp³-hybridized carbons (Fsp3) is 0.222. The Hall–Kier alpha value is -2.64. The van der Waals surface area contributed by atoms with Gasteiger partial charge in [0.1, 0.15) is 5.56 Å². The van der Waals surface area contributed by atoms with Crippen LogP contribution in [0.15, 0.2) is 42.5 Å². The fourth-order valence-electron chi connectivity index (χ4n) is 2.27. The molecule has 0 aliphatic carbocycles. The molecule has 0 spiro atoms. The quantitative estimate of drug-likeness (QED) is 0.596. The number of hydrazine groups is 1. The standard InChI is InChI=1S/C18H17Cl2N3O4/c1-18(2,3)22(17(25)11-8-9-13(19)14(20)10-11)21-16(24)12-6-4-5-7-15(12)23(26)27/h4-10H,1-3H3,(H,21,24). The molecular weight excluding hydrogens is 393 g/mol. The number of carbonyl (C=O) groups is 2. The zero-order valence-electron chi connectivity index (χ0n) is 14.8. The Labute approximate surface area is 166 Å². The Balaban J connectivity index is 2.38. The Morgan fingerprint density at radius 2 is 1.70 bits per heavy atom. The molecule has 2 rings (SSSR count). The van der Waals surface area contributed by atoms with Crippen LogP contribution in [0, 0.1) is 10.1 Å². The van der Waals surface area contributed by atoms with Gasteiger partial charge in [0.25, 0.3) is 17.5 Å². The number of carbonyl (C=O) groups excluding carboxylic acids is 2. The van der Waals surface area contributed by atoms with Crippen molar-refractivity contribution < 1.29 is 14.5 Å². The van der Waals surface area contributed by atoms with Crippen molar-refractivity contribution in [1.29, 1.82) is 0 Å². The maximum Gasteiger partial charge on any atom is 0.282 e. The highest BCUT2D eigenvalue weighted by molar-refractivity contribution is 6.42. The van der Waals surface area contributed by atoms with E-state index in [9.17, 15) is 19.7 Å². The van der Waals surface area contributed by atoms with Crippen molar-refractivity contribution in [3.63, 3.8) is 0 Å². The van der Waals surface area contributed by atoms with E-state index in [2.05, 4.69) is 5.43 Å². The summed E-state index contributed by atoms with van der Waals surface area (Å²) in [5.74, 6) is -1.31. The topological polar surface area (TPSA) is 92.6 Å². The highest BCUT2D eigenvalue weighted by atomic mass is 35.5. The molecule has 0 saturated carbocycles. The number of halogens is 2. The van der Waals surface area contributed by atoms with Gasteiger partial charge in [-0.05, 0) is 45.0 Å². The van der Waals surface area contributed by atoms with Crippen LogP contribution in [0.2, 0.25) is 10.0 Å². The number of nitro groups is 1. The monoisotopic (exact) mass is 409 g/mol. The van der Waals surface area contributed by atoms with Gasteiger partial charge in [-0.15, -0.1) is 0 Å². The largest absolute Gasteiger partial charge is 0.282 e. The molecule has 0 aliphatic rings. The molecule has 1 N–H and O–H groups in total. The number of hydrogen-bond acceptors (Lipinski definition) is 4. The number of para-hydroxylation sites is 1. The summed E-state index contributed by atoms with van der Waals surface area (Å²) in [5.41, 5.74) is 1.35. The predicted octanol–water partition coefficient (Wildman–Crippen LogP) is 4.49. The first-order valence-corrected chi connectivity index (χ1v) is 8.62. The second kappa shape index (κ2) is 7.94. The smallest absolute Gasteiger partial charge is 0.267 e. The van der Waals surface area contributed by atoms with E-state index < -0.39 is 22.3 Å². The molecule has 142 valence electrons. The van der Waals surface area contributed by atoms with E-state index in [0.717, 1.165) is 5.01 Å². The lowest BCUT2D eigenvalue weighted by Gasteiger charge is -2.35. The van der Waals surface area contributed by atoms with E-state index in [0.29, 0.717) is 5.02 Å². The maximum atomic E-state index is 12.9. The molecular formula is C18H17Cl2N3O4. The van der Waals surface area contributed by atoms with E-state index in [1.807, 2.05) is 0 Å². The number of hydrogen-bond donors (Lipinski definition) is 1. The minimum Gasteiger partial charge on any atom is -0.267 e. The summed E-state index contributed by atoms with van der Waals surface area (Å²) in [6.45, 7) is 5.13. The van der Waals surface area contributed by atoms with E-state index in [1.165, 1.54) is 42.5 Å². The molecule has 2 amide bonds. The van der Waals surface area contributed by atoms with Crippen molar-refractivity contribution >= 4 is 40.7 Å². The average molecular weight is 410 g/mol. The van der Waals surface area contributed by atoms with Gasteiger partial charge in [-0.1, -0.05) is 35.3 Å². The molecule has 2 aromatic rings. The van der Waals surface area contributed by atoms with Crippen LogP contribution in [0.4, 0.5) is 5.69 Å². The van der Waals surface area contributed by atoms with Gasteiger partial charge in [0.2, 0.25) is 0 Å². The van der Waals surface area contributed by atoms with Gasteiger partial charge < -0.3 is 0 Å². The van der Waals surface area contributed by atoms with Gasteiger partial charge in [0.15, 0.2) is 0 Å². The highest BCUT2D eigenvalue weighted by Gasteiger charge is 2.31. The van der Waals surface area contributed by atoms with Crippen molar-refractivity contribution in [1.82, 2.24) is 10.4 Å². The molecule has 0 aliphatic heterocycles. The third kappa shape index (κ3) is 4.75. The number of rotatable bonds is 3. The van der Waals surface area contributed by atoms with Crippen LogP contribution in [0.25, 0.3) is 0 Å². The number of nitrogens with zero attached hydrogens (tertiary/aromatic N) is 2. The third-order valence-corrected chi connectivity index (χ3v) is 4.34. The summed E-state index contributed by atoms with van der Waals surface area (Å²) in [6.07, 6.45) is 0. The first-order valence-electron chi connectivity index (χ1n) is 7.86. The lowest BCUT2D eigenvalue weighted by Crippen LogP contribution is -2.55. The lowest BCUT2D eigenvalue weighted by molar-refractivity contribution is -0.385. The van der Waals surface area contributed by atoms with Gasteiger partial charge in [-0.25, -0.2) is 5.01 Å². The van der Waals surface area contributed by atoms with E-state index in [-0.39, 0.29) is 21.8 Å². The van der Waals surface area contributed by atoms with Gasteiger partial charge in [0.05, 0.1) is 20.5 Å². The van der Waals surface area contributed by atoms with E-state index in [4.69, 9.17) is 23.2 Å². The van der Waals surface area contributed by atoms with Crippen molar-refractivity contribution in [2.24, 2.45) is 0 Å². The molecule has 0 unspecified atom stereocenters. The van der Waals surface area contributed by atoms with Crippen LogP contribution < -0.4 is 5.43 Å². The summed E-state index contributed by atoms with van der Waals surface area (Å²) in [4.78, 5) is 36.0. The molecule has 0 fully saturated rings. The summed E-state index contributed by atoms with van der Waals surface area (Å²) >= 11 is 11.8. The van der Waals surface area contributed by atoms with E-state index in [1.54, 1.807) is 20.8 Å². The van der Waals surface area contributed by atoms with Crippen LogP contribution in [-0.4, -0.2) is 27.3 Å². The number of nitrogens with one attached hydrogen (secondary N) is 1. The SMILES string of the molecule is CC(C)(C)N(NC(=O)c1ccccc1[N+](=O)[O-])C(=O)c1ccc(Cl)c(Cl)c1. The molecule has 0 atom stereocenters. The summed E-state index contributed by atoms with van der Waals surface area (Å²) in [7, 11) is 0. The molecule has 2 aromatic carbocycles. The maximum absolute atomic E-state index is 12.9. The molecule has 0 saturated heterocycles. The molecule has 0 heterocycles. The second-order valence-corrected chi connectivity index (χ2v) is 7.47. The zero-order valence-corrected chi connectivity index (χ0v) is 16.3. The Bertz CT molecular complexity index is 910.